The van der Waals surface area contributed by atoms with Crippen molar-refractivity contribution in [2.45, 2.75) is 25.7 Å². The molecule has 0 aliphatic carbocycles. The van der Waals surface area contributed by atoms with Crippen molar-refractivity contribution in [3.8, 4) is 0 Å². The third-order valence-electron chi connectivity index (χ3n) is 1.43. The van der Waals surface area contributed by atoms with Gasteiger partial charge in [-0.15, -0.1) is 20.2 Å². The van der Waals surface area contributed by atoms with Gasteiger partial charge in [-0.3, -0.25) is 0 Å². The van der Waals surface area contributed by atoms with Crippen molar-refractivity contribution in [2.24, 2.45) is 0 Å². The summed E-state index contributed by atoms with van der Waals surface area (Å²) in [6, 6.07) is 0. The van der Waals surface area contributed by atoms with E-state index in [-0.39, 0.29) is 25.5 Å². The Hall–Kier alpha value is -1.68. The van der Waals surface area contributed by atoms with Gasteiger partial charge in [0.15, 0.2) is 0 Å². The predicted octanol–water partition coefficient (Wildman–Crippen LogP) is 1.29. The predicted molar refractivity (Wildman–Crippen MR) is 54.4 cm³/mol. The molecule has 0 atom stereocenters. The van der Waals surface area contributed by atoms with Crippen LogP contribution < -0.4 is 12.3 Å². The van der Waals surface area contributed by atoms with Gasteiger partial charge in [-0.2, -0.15) is 0 Å². The lowest BCUT2D eigenvalue weighted by Gasteiger charge is -1.99. The van der Waals surface area contributed by atoms with Crippen LogP contribution in [0, 0.1) is 20.2 Å². The first-order valence-electron chi connectivity index (χ1n) is 4.17. The SMILES string of the molecule is N.N.O=[N+]([O-])OCCCCCCO[N+](=O)[O-]. The lowest BCUT2D eigenvalue weighted by atomic mass is 10.2. The quantitative estimate of drug-likeness (QED) is 0.345. The summed E-state index contributed by atoms with van der Waals surface area (Å²) in [6.45, 7) is 0.145. The topological polar surface area (TPSA) is 175 Å². The fourth-order valence-corrected chi connectivity index (χ4v) is 0.836. The molecule has 10 heteroatoms. The van der Waals surface area contributed by atoms with E-state index in [2.05, 4.69) is 9.68 Å². The average molecular weight is 242 g/mol. The van der Waals surface area contributed by atoms with Gasteiger partial charge in [-0.25, -0.2) is 0 Å². The molecule has 0 fully saturated rings. The van der Waals surface area contributed by atoms with Gasteiger partial charge in [-0.1, -0.05) is 12.8 Å². The Morgan fingerprint density at radius 1 is 0.750 bits per heavy atom. The molecule has 10 nitrogen and oxygen atoms in total. The van der Waals surface area contributed by atoms with E-state index in [0.29, 0.717) is 12.8 Å². The van der Waals surface area contributed by atoms with Crippen molar-refractivity contribution in [1.82, 2.24) is 12.3 Å². The largest absolute Gasteiger partial charge is 0.344 e. The summed E-state index contributed by atoms with van der Waals surface area (Å²) in [4.78, 5) is 27.5. The number of hydrogen-bond acceptors (Lipinski definition) is 8. The second kappa shape index (κ2) is 13.3. The highest BCUT2D eigenvalue weighted by Crippen LogP contribution is 2.00. The molecular formula is C6H18N4O6. The van der Waals surface area contributed by atoms with Crippen LogP contribution in [0.4, 0.5) is 0 Å². The van der Waals surface area contributed by atoms with E-state index in [4.69, 9.17) is 0 Å². The smallest absolute Gasteiger partial charge is 0.294 e. The van der Waals surface area contributed by atoms with Crippen LogP contribution in [0.25, 0.3) is 0 Å². The molecule has 0 spiro atoms. The molecule has 16 heavy (non-hydrogen) atoms. The van der Waals surface area contributed by atoms with E-state index in [1.807, 2.05) is 0 Å². The Bertz CT molecular complexity index is 170. The molecule has 98 valence electrons. The van der Waals surface area contributed by atoms with Crippen LogP contribution in [0.2, 0.25) is 0 Å². The fraction of sp³-hybridized carbons (Fsp3) is 1.00. The second-order valence-electron chi connectivity index (χ2n) is 2.53. The van der Waals surface area contributed by atoms with Gasteiger partial charge in [-0.05, 0) is 12.8 Å². The summed E-state index contributed by atoms with van der Waals surface area (Å²) in [7, 11) is 0. The van der Waals surface area contributed by atoms with Crippen LogP contribution in [0.5, 0.6) is 0 Å². The minimum atomic E-state index is -0.837. The second-order valence-corrected chi connectivity index (χ2v) is 2.53. The van der Waals surface area contributed by atoms with Crippen LogP contribution in [-0.4, -0.2) is 23.4 Å². The lowest BCUT2D eigenvalue weighted by Crippen LogP contribution is -2.03. The first-order chi connectivity index (χ1) is 6.63. The maximum Gasteiger partial charge on any atom is 0.294 e. The average Bonchev–Trinajstić information content (AvgIpc) is 2.08. The molecular weight excluding hydrogens is 224 g/mol. The molecule has 0 heterocycles. The molecule has 0 radical (unpaired) electrons. The van der Waals surface area contributed by atoms with Crippen LogP contribution in [0.1, 0.15) is 25.7 Å². The molecule has 0 amide bonds. The molecule has 0 bridgehead atoms. The standard InChI is InChI=1S/C6H12N2O6.2H3N/c9-7(10)13-5-3-1-2-4-6-14-8(11)12;;/h1-6H2;2*1H3. The van der Waals surface area contributed by atoms with Gasteiger partial charge in [0.1, 0.15) is 0 Å². The van der Waals surface area contributed by atoms with E-state index < -0.39 is 10.2 Å². The van der Waals surface area contributed by atoms with E-state index >= 15 is 0 Å². The molecule has 0 aromatic rings. The monoisotopic (exact) mass is 242 g/mol. The Morgan fingerprint density at radius 2 is 1.06 bits per heavy atom. The highest BCUT2D eigenvalue weighted by atomic mass is 17.0. The van der Waals surface area contributed by atoms with Crippen molar-refractivity contribution < 1.29 is 19.8 Å². The highest BCUT2D eigenvalue weighted by Gasteiger charge is 1.96. The molecule has 0 aromatic heterocycles. The zero-order valence-corrected chi connectivity index (χ0v) is 9.00. The van der Waals surface area contributed by atoms with Crippen molar-refractivity contribution in [1.29, 1.82) is 0 Å². The van der Waals surface area contributed by atoms with Crippen molar-refractivity contribution in [3.63, 3.8) is 0 Å². The third kappa shape index (κ3) is 18.2. The van der Waals surface area contributed by atoms with Gasteiger partial charge in [0.25, 0.3) is 10.2 Å². The first-order valence-corrected chi connectivity index (χ1v) is 4.17. The number of hydrogen-bond donors (Lipinski definition) is 2. The van der Waals surface area contributed by atoms with Crippen LogP contribution >= 0.6 is 0 Å². The minimum absolute atomic E-state index is 0. The fourth-order valence-electron chi connectivity index (χ4n) is 0.836. The van der Waals surface area contributed by atoms with E-state index in [9.17, 15) is 20.2 Å². The van der Waals surface area contributed by atoms with E-state index in [1.54, 1.807) is 0 Å². The summed E-state index contributed by atoms with van der Waals surface area (Å²) in [5.41, 5.74) is 0. The maximum absolute atomic E-state index is 9.70. The highest BCUT2D eigenvalue weighted by molar-refractivity contribution is 4.40. The van der Waals surface area contributed by atoms with Gasteiger partial charge < -0.3 is 22.0 Å². The molecule has 0 aliphatic rings. The number of nitrogens with zero attached hydrogens (tertiary/aromatic N) is 2. The third-order valence-corrected chi connectivity index (χ3v) is 1.43. The first kappa shape index (κ1) is 19.8. The molecule has 0 saturated carbocycles. The molecule has 6 N–H and O–H groups in total. The summed E-state index contributed by atoms with van der Waals surface area (Å²) >= 11 is 0. The van der Waals surface area contributed by atoms with Crippen molar-refractivity contribution >= 4 is 0 Å². The normalized spacial score (nSPS) is 8.25. The summed E-state index contributed by atoms with van der Waals surface area (Å²) < 4.78 is 0. The number of unbranched alkanes of at least 4 members (excludes halogenated alkanes) is 3. The van der Waals surface area contributed by atoms with Crippen LogP contribution in [0.3, 0.4) is 0 Å². The summed E-state index contributed by atoms with van der Waals surface area (Å²) in [5, 5.41) is 17.7. The van der Waals surface area contributed by atoms with Gasteiger partial charge in [0, 0.05) is 0 Å². The Kier molecular flexibility index (Phi) is 16.5. The zero-order chi connectivity index (χ0) is 10.8. The molecule has 0 rings (SSSR count). The zero-order valence-electron chi connectivity index (χ0n) is 9.00. The Morgan fingerprint density at radius 3 is 1.31 bits per heavy atom. The van der Waals surface area contributed by atoms with Crippen LogP contribution in [0.15, 0.2) is 0 Å². The summed E-state index contributed by atoms with van der Waals surface area (Å²) in [6.07, 6.45) is 2.60. The minimum Gasteiger partial charge on any atom is -0.344 e. The molecule has 0 aromatic carbocycles. The summed E-state index contributed by atoms with van der Waals surface area (Å²) in [5.74, 6) is 0. The maximum atomic E-state index is 9.70. The lowest BCUT2D eigenvalue weighted by molar-refractivity contribution is -0.758. The van der Waals surface area contributed by atoms with E-state index in [0.717, 1.165) is 12.8 Å². The van der Waals surface area contributed by atoms with Gasteiger partial charge in [0.05, 0.1) is 13.2 Å². The van der Waals surface area contributed by atoms with E-state index in [1.165, 1.54) is 0 Å². The molecule has 0 saturated heterocycles. The molecule has 0 unspecified atom stereocenters. The van der Waals surface area contributed by atoms with Crippen LogP contribution in [-0.2, 0) is 9.68 Å². The Labute approximate surface area is 92.3 Å². The van der Waals surface area contributed by atoms with Crippen molar-refractivity contribution in [2.75, 3.05) is 13.2 Å². The number of rotatable bonds is 9. The van der Waals surface area contributed by atoms with Gasteiger partial charge >= 0.3 is 0 Å². The Balaban J connectivity index is -0.000000845. The van der Waals surface area contributed by atoms with Crippen molar-refractivity contribution in [3.05, 3.63) is 20.2 Å². The molecule has 0 aliphatic heterocycles. The van der Waals surface area contributed by atoms with Gasteiger partial charge in [0.2, 0.25) is 0 Å².